The second-order valence-electron chi connectivity index (χ2n) is 4.41. The average molecular weight is 292 g/mol. The third-order valence-electron chi connectivity index (χ3n) is 3.20. The minimum absolute atomic E-state index is 0.281. The van der Waals surface area contributed by atoms with Crippen molar-refractivity contribution in [3.05, 3.63) is 60.2 Å². The molecule has 0 aliphatic rings. The molecule has 0 aliphatic carbocycles. The maximum atomic E-state index is 12.6. The van der Waals surface area contributed by atoms with E-state index < -0.39 is 15.1 Å². The van der Waals surface area contributed by atoms with Crippen LogP contribution in [0.3, 0.4) is 0 Å². The molecule has 0 saturated heterocycles. The Morgan fingerprint density at radius 2 is 1.65 bits per heavy atom. The molecule has 0 aliphatic heterocycles. The molecule has 0 fully saturated rings. The van der Waals surface area contributed by atoms with Gasteiger partial charge in [0.25, 0.3) is 0 Å². The van der Waals surface area contributed by atoms with E-state index in [0.29, 0.717) is 10.6 Å². The molecule has 0 radical (unpaired) electrons. The lowest BCUT2D eigenvalue weighted by Crippen LogP contribution is -2.54. The van der Waals surface area contributed by atoms with Gasteiger partial charge in [0.15, 0.2) is 9.84 Å². The van der Waals surface area contributed by atoms with Crippen LogP contribution in [-0.4, -0.2) is 22.1 Å². The van der Waals surface area contributed by atoms with Crippen LogP contribution >= 0.6 is 0 Å². The predicted octanol–water partition coefficient (Wildman–Crippen LogP) is 1.45. The van der Waals surface area contributed by atoms with Crippen molar-refractivity contribution < 1.29 is 18.9 Å². The topological polar surface area (TPSA) is 71.0 Å². The fourth-order valence-electron chi connectivity index (χ4n) is 2.09. The minimum Gasteiger partial charge on any atom is -0.497 e. The molecule has 0 spiro atoms. The maximum absolute atomic E-state index is 12.6. The van der Waals surface area contributed by atoms with Gasteiger partial charge in [0.1, 0.15) is 11.0 Å². The van der Waals surface area contributed by atoms with Gasteiger partial charge in [0.2, 0.25) is 0 Å². The van der Waals surface area contributed by atoms with Crippen molar-refractivity contribution in [3.63, 3.8) is 0 Å². The molecule has 5 heteroatoms. The summed E-state index contributed by atoms with van der Waals surface area (Å²) in [6.45, 7) is 0.281. The van der Waals surface area contributed by atoms with E-state index >= 15 is 0 Å². The molecule has 0 bridgehead atoms. The summed E-state index contributed by atoms with van der Waals surface area (Å²) >= 11 is 0. The highest BCUT2D eigenvalue weighted by Crippen LogP contribution is 2.28. The summed E-state index contributed by atoms with van der Waals surface area (Å²) in [5.41, 5.74) is 4.51. The van der Waals surface area contributed by atoms with Crippen molar-refractivity contribution in [2.45, 2.75) is 10.1 Å². The lowest BCUT2D eigenvalue weighted by molar-refractivity contribution is -0.367. The lowest BCUT2D eigenvalue weighted by atomic mass is 10.1. The smallest absolute Gasteiger partial charge is 0.190 e. The van der Waals surface area contributed by atoms with Gasteiger partial charge in [-0.1, -0.05) is 30.3 Å². The van der Waals surface area contributed by atoms with Crippen molar-refractivity contribution in [2.75, 3.05) is 13.7 Å². The van der Waals surface area contributed by atoms with Crippen molar-refractivity contribution >= 4 is 9.84 Å². The van der Waals surface area contributed by atoms with Crippen molar-refractivity contribution in [3.8, 4) is 5.75 Å². The molecule has 1 atom stereocenters. The highest BCUT2D eigenvalue weighted by molar-refractivity contribution is 7.91. The van der Waals surface area contributed by atoms with E-state index in [1.54, 1.807) is 61.7 Å². The van der Waals surface area contributed by atoms with Gasteiger partial charge in [-0.25, -0.2) is 8.42 Å². The Morgan fingerprint density at radius 1 is 1.05 bits per heavy atom. The molecule has 0 unspecified atom stereocenters. The monoisotopic (exact) mass is 292 g/mol. The van der Waals surface area contributed by atoms with Crippen LogP contribution in [0.4, 0.5) is 0 Å². The van der Waals surface area contributed by atoms with Crippen LogP contribution in [-0.2, 0) is 9.84 Å². The number of ether oxygens (including phenoxy) is 1. The molecule has 2 rings (SSSR count). The molecule has 0 aromatic heterocycles. The summed E-state index contributed by atoms with van der Waals surface area (Å²) in [4.78, 5) is 0.324. The van der Waals surface area contributed by atoms with E-state index in [9.17, 15) is 8.42 Å². The quantitative estimate of drug-likeness (QED) is 0.906. The fourth-order valence-corrected chi connectivity index (χ4v) is 3.78. The minimum atomic E-state index is -3.43. The second-order valence-corrected chi connectivity index (χ2v) is 6.54. The number of rotatable bonds is 5. The third kappa shape index (κ3) is 2.84. The highest BCUT2D eigenvalue weighted by Gasteiger charge is 2.29. The van der Waals surface area contributed by atoms with Crippen LogP contribution in [0.2, 0.25) is 0 Å². The zero-order valence-electron chi connectivity index (χ0n) is 11.3. The summed E-state index contributed by atoms with van der Waals surface area (Å²) in [6, 6.07) is 15.5. The average Bonchev–Trinajstić information content (AvgIpc) is 2.49. The molecule has 2 aromatic carbocycles. The van der Waals surface area contributed by atoms with E-state index in [-0.39, 0.29) is 6.54 Å². The standard InChI is InChI=1S/C15H17NO3S/c1-19-13-9-7-12(8-10-13)15(11-16)20(17,18)14-5-3-2-4-6-14/h2-10,15H,11,16H2,1H3/p+1/t15-/m0/s1. The van der Waals surface area contributed by atoms with Crippen molar-refractivity contribution in [2.24, 2.45) is 0 Å². The van der Waals surface area contributed by atoms with Crippen LogP contribution in [0.15, 0.2) is 59.5 Å². The molecule has 0 heterocycles. The summed E-state index contributed by atoms with van der Waals surface area (Å²) < 4.78 is 30.4. The van der Waals surface area contributed by atoms with Gasteiger partial charge in [-0.05, 0) is 29.8 Å². The Bertz CT molecular complexity index is 651. The van der Waals surface area contributed by atoms with Gasteiger partial charge in [-0.2, -0.15) is 0 Å². The Labute approximate surface area is 119 Å². The first-order valence-corrected chi connectivity index (χ1v) is 7.86. The van der Waals surface area contributed by atoms with E-state index in [1.165, 1.54) is 0 Å². The molecule has 4 nitrogen and oxygen atoms in total. The lowest BCUT2D eigenvalue weighted by Gasteiger charge is -2.15. The third-order valence-corrected chi connectivity index (χ3v) is 5.38. The van der Waals surface area contributed by atoms with Crippen molar-refractivity contribution in [1.82, 2.24) is 0 Å². The first-order chi connectivity index (χ1) is 9.59. The van der Waals surface area contributed by atoms with E-state index in [4.69, 9.17) is 4.74 Å². The van der Waals surface area contributed by atoms with Crippen LogP contribution in [0.1, 0.15) is 10.8 Å². The van der Waals surface area contributed by atoms with Crippen molar-refractivity contribution in [1.29, 1.82) is 0 Å². The van der Waals surface area contributed by atoms with Gasteiger partial charge in [0.05, 0.1) is 18.6 Å². The zero-order valence-corrected chi connectivity index (χ0v) is 12.1. The summed E-state index contributed by atoms with van der Waals surface area (Å²) in [5.74, 6) is 0.702. The number of benzene rings is 2. The van der Waals surface area contributed by atoms with Gasteiger partial charge >= 0.3 is 0 Å². The number of quaternary nitrogens is 1. The zero-order chi connectivity index (χ0) is 14.6. The maximum Gasteiger partial charge on any atom is 0.190 e. The van der Waals surface area contributed by atoms with Crippen LogP contribution in [0.25, 0.3) is 0 Å². The first-order valence-electron chi connectivity index (χ1n) is 6.31. The Kier molecular flexibility index (Phi) is 4.42. The number of hydrogen-bond acceptors (Lipinski definition) is 3. The second kappa shape index (κ2) is 6.07. The number of methoxy groups -OCH3 is 1. The Morgan fingerprint density at radius 3 is 2.15 bits per heavy atom. The van der Waals surface area contributed by atoms with Crippen LogP contribution in [0.5, 0.6) is 5.75 Å². The molecular weight excluding hydrogens is 274 g/mol. The van der Waals surface area contributed by atoms with Gasteiger partial charge in [0, 0.05) is 0 Å². The van der Waals surface area contributed by atoms with E-state index in [0.717, 1.165) is 5.56 Å². The summed E-state index contributed by atoms with van der Waals surface area (Å²) in [5, 5.41) is -0.643. The largest absolute Gasteiger partial charge is 0.497 e. The molecule has 2 aromatic rings. The normalized spacial score (nSPS) is 12.9. The number of sulfone groups is 1. The SMILES string of the molecule is COc1ccc([C@H](C[NH3+])S(=O)(=O)c2ccccc2)cc1. The molecule has 0 amide bonds. The Balaban J connectivity index is 2.41. The molecule has 0 saturated carbocycles. The molecule has 20 heavy (non-hydrogen) atoms. The highest BCUT2D eigenvalue weighted by atomic mass is 32.2. The number of hydrogen-bond donors (Lipinski definition) is 1. The predicted molar refractivity (Wildman–Crippen MR) is 77.1 cm³/mol. The van der Waals surface area contributed by atoms with Gasteiger partial charge in [-0.3, -0.25) is 0 Å². The van der Waals surface area contributed by atoms with Crippen LogP contribution < -0.4 is 10.5 Å². The first kappa shape index (κ1) is 14.6. The molecule has 106 valence electrons. The summed E-state index contributed by atoms with van der Waals surface area (Å²) in [7, 11) is -1.85. The van der Waals surface area contributed by atoms with Crippen LogP contribution in [0, 0.1) is 0 Å². The van der Waals surface area contributed by atoms with Gasteiger partial charge in [-0.15, -0.1) is 0 Å². The Hall–Kier alpha value is -1.85. The molecule has 3 N–H and O–H groups in total. The molecular formula is C15H18NO3S+. The van der Waals surface area contributed by atoms with E-state index in [1.807, 2.05) is 0 Å². The van der Waals surface area contributed by atoms with Gasteiger partial charge < -0.3 is 10.5 Å². The summed E-state index contributed by atoms with van der Waals surface area (Å²) in [6.07, 6.45) is 0. The fraction of sp³-hybridized carbons (Fsp3) is 0.200. The van der Waals surface area contributed by atoms with E-state index in [2.05, 4.69) is 5.73 Å².